The molecule has 0 amide bonds. The van der Waals surface area contributed by atoms with Crippen LogP contribution in [0.4, 0.5) is 5.13 Å². The summed E-state index contributed by atoms with van der Waals surface area (Å²) in [6, 6.07) is 0. The van der Waals surface area contributed by atoms with E-state index in [0.29, 0.717) is 11.0 Å². The Morgan fingerprint density at radius 1 is 1.75 bits per heavy atom. The van der Waals surface area contributed by atoms with Crippen LogP contribution in [0.25, 0.3) is 0 Å². The topological polar surface area (TPSA) is 71.5 Å². The zero-order valence-corrected chi connectivity index (χ0v) is 9.63. The molecule has 6 heteroatoms. The summed E-state index contributed by atoms with van der Waals surface area (Å²) in [4.78, 5) is 14.6. The molecule has 1 saturated heterocycles. The van der Waals surface area contributed by atoms with Gasteiger partial charge in [-0.15, -0.1) is 11.3 Å². The second-order valence-corrected chi connectivity index (χ2v) is 4.67. The highest BCUT2D eigenvalue weighted by atomic mass is 32.1. The van der Waals surface area contributed by atoms with Crippen LogP contribution in [0.1, 0.15) is 23.3 Å². The second-order valence-electron chi connectivity index (χ2n) is 3.81. The first-order chi connectivity index (χ1) is 7.75. The fourth-order valence-electron chi connectivity index (χ4n) is 1.65. The third-order valence-corrected chi connectivity index (χ3v) is 3.32. The number of thiazole rings is 1. The van der Waals surface area contributed by atoms with E-state index in [9.17, 15) is 4.79 Å². The van der Waals surface area contributed by atoms with Crippen molar-refractivity contribution < 1.29 is 14.6 Å². The van der Waals surface area contributed by atoms with Gasteiger partial charge in [0.1, 0.15) is 0 Å². The van der Waals surface area contributed by atoms with Crippen LogP contribution in [0.2, 0.25) is 0 Å². The third-order valence-electron chi connectivity index (χ3n) is 2.52. The Hall–Kier alpha value is -1.14. The van der Waals surface area contributed by atoms with E-state index in [4.69, 9.17) is 9.84 Å². The van der Waals surface area contributed by atoms with Gasteiger partial charge in [0.2, 0.25) is 0 Å². The minimum Gasteiger partial charge on any atom is -0.476 e. The molecular weight excluding hydrogens is 228 g/mol. The molecule has 0 aliphatic carbocycles. The first-order valence-electron chi connectivity index (χ1n) is 5.26. The number of rotatable bonds is 4. The molecule has 1 aromatic heterocycles. The van der Waals surface area contributed by atoms with Crippen LogP contribution in [0.5, 0.6) is 0 Å². The van der Waals surface area contributed by atoms with E-state index in [1.165, 1.54) is 11.3 Å². The van der Waals surface area contributed by atoms with E-state index < -0.39 is 5.97 Å². The van der Waals surface area contributed by atoms with Gasteiger partial charge in [0.15, 0.2) is 10.8 Å². The van der Waals surface area contributed by atoms with Crippen LogP contribution in [0.3, 0.4) is 0 Å². The average Bonchev–Trinajstić information content (AvgIpc) is 2.76. The van der Waals surface area contributed by atoms with Gasteiger partial charge in [-0.1, -0.05) is 0 Å². The Bertz CT molecular complexity index is 361. The summed E-state index contributed by atoms with van der Waals surface area (Å²) in [5, 5.41) is 14.1. The minimum absolute atomic E-state index is 0.104. The lowest BCUT2D eigenvalue weighted by molar-refractivity contribution is 0.0595. The van der Waals surface area contributed by atoms with E-state index in [2.05, 4.69) is 10.3 Å². The third kappa shape index (κ3) is 2.93. The predicted molar refractivity (Wildman–Crippen MR) is 61.1 cm³/mol. The van der Waals surface area contributed by atoms with Crippen molar-refractivity contribution in [3.05, 3.63) is 11.1 Å². The molecule has 1 atom stereocenters. The van der Waals surface area contributed by atoms with Gasteiger partial charge in [0.05, 0.1) is 6.61 Å². The lowest BCUT2D eigenvalue weighted by atomic mass is 10.0. The highest BCUT2D eigenvalue weighted by Gasteiger charge is 2.14. The van der Waals surface area contributed by atoms with Gasteiger partial charge in [-0.25, -0.2) is 9.78 Å². The number of ether oxygens (including phenoxy) is 1. The Morgan fingerprint density at radius 2 is 2.62 bits per heavy atom. The number of nitrogens with zero attached hydrogens (tertiary/aromatic N) is 1. The maximum atomic E-state index is 10.6. The molecule has 1 fully saturated rings. The Labute approximate surface area is 97.5 Å². The molecule has 2 N–H and O–H groups in total. The normalized spacial score (nSPS) is 20.6. The van der Waals surface area contributed by atoms with Crippen molar-refractivity contribution in [1.82, 2.24) is 4.98 Å². The molecular formula is C10H14N2O3S. The molecule has 1 aliphatic rings. The number of carboxylic acids is 1. The zero-order valence-electron chi connectivity index (χ0n) is 8.81. The molecule has 1 unspecified atom stereocenters. The average molecular weight is 242 g/mol. The second kappa shape index (κ2) is 5.27. The summed E-state index contributed by atoms with van der Waals surface area (Å²) >= 11 is 1.32. The quantitative estimate of drug-likeness (QED) is 0.840. The Kier molecular flexibility index (Phi) is 3.74. The number of aromatic carboxylic acids is 1. The van der Waals surface area contributed by atoms with Crippen molar-refractivity contribution in [3.63, 3.8) is 0 Å². The van der Waals surface area contributed by atoms with Crippen LogP contribution >= 0.6 is 11.3 Å². The number of nitrogens with one attached hydrogen (secondary N) is 1. The van der Waals surface area contributed by atoms with E-state index >= 15 is 0 Å². The van der Waals surface area contributed by atoms with Crippen LogP contribution in [0, 0.1) is 5.92 Å². The summed E-state index contributed by atoms with van der Waals surface area (Å²) in [7, 11) is 0. The van der Waals surface area contributed by atoms with Gasteiger partial charge in [-0.3, -0.25) is 0 Å². The van der Waals surface area contributed by atoms with Crippen molar-refractivity contribution in [2.24, 2.45) is 5.92 Å². The minimum atomic E-state index is -0.981. The number of carbonyl (C=O) groups is 1. The van der Waals surface area contributed by atoms with Crippen LogP contribution < -0.4 is 5.32 Å². The van der Waals surface area contributed by atoms with Crippen molar-refractivity contribution in [1.29, 1.82) is 0 Å². The lowest BCUT2D eigenvalue weighted by Gasteiger charge is -2.21. The molecule has 1 aromatic rings. The summed E-state index contributed by atoms with van der Waals surface area (Å²) in [6.45, 7) is 2.44. The Morgan fingerprint density at radius 3 is 3.25 bits per heavy atom. The number of hydrogen-bond donors (Lipinski definition) is 2. The predicted octanol–water partition coefficient (Wildman–Crippen LogP) is 1.68. The summed E-state index contributed by atoms with van der Waals surface area (Å²) < 4.78 is 5.36. The van der Waals surface area contributed by atoms with Crippen LogP contribution in [-0.4, -0.2) is 35.8 Å². The lowest BCUT2D eigenvalue weighted by Crippen LogP contribution is -2.24. The number of anilines is 1. The van der Waals surface area contributed by atoms with Gasteiger partial charge in [0, 0.05) is 18.5 Å². The molecule has 16 heavy (non-hydrogen) atoms. The van der Waals surface area contributed by atoms with E-state index in [1.54, 1.807) is 5.38 Å². The molecule has 0 aromatic carbocycles. The summed E-state index contributed by atoms with van der Waals surface area (Å²) in [5.74, 6) is -0.476. The van der Waals surface area contributed by atoms with Crippen molar-refractivity contribution in [3.8, 4) is 0 Å². The first kappa shape index (κ1) is 11.3. The maximum absolute atomic E-state index is 10.6. The van der Waals surface area contributed by atoms with Crippen molar-refractivity contribution in [2.45, 2.75) is 12.8 Å². The van der Waals surface area contributed by atoms with Crippen LogP contribution in [0.15, 0.2) is 5.38 Å². The molecule has 0 spiro atoms. The van der Waals surface area contributed by atoms with Gasteiger partial charge in [0.25, 0.3) is 0 Å². The molecule has 2 heterocycles. The summed E-state index contributed by atoms with van der Waals surface area (Å²) in [6.07, 6.45) is 2.26. The van der Waals surface area contributed by atoms with E-state index in [0.717, 1.165) is 32.6 Å². The highest BCUT2D eigenvalue weighted by Crippen LogP contribution is 2.18. The molecule has 0 saturated carbocycles. The largest absolute Gasteiger partial charge is 0.476 e. The van der Waals surface area contributed by atoms with E-state index in [-0.39, 0.29) is 5.69 Å². The smallest absolute Gasteiger partial charge is 0.355 e. The van der Waals surface area contributed by atoms with Gasteiger partial charge < -0.3 is 15.2 Å². The highest BCUT2D eigenvalue weighted by molar-refractivity contribution is 7.13. The molecule has 0 bridgehead atoms. The van der Waals surface area contributed by atoms with Gasteiger partial charge in [-0.05, 0) is 18.8 Å². The molecule has 2 rings (SSSR count). The summed E-state index contributed by atoms with van der Waals surface area (Å²) in [5.41, 5.74) is 0.104. The fraction of sp³-hybridized carbons (Fsp3) is 0.600. The maximum Gasteiger partial charge on any atom is 0.355 e. The first-order valence-corrected chi connectivity index (χ1v) is 6.14. The molecule has 1 aliphatic heterocycles. The standard InChI is InChI=1S/C10H14N2O3S/c13-9(14)8-6-16-10(12-8)11-4-7-2-1-3-15-5-7/h6-7H,1-5H2,(H,11,12)(H,13,14). The van der Waals surface area contributed by atoms with Crippen molar-refractivity contribution in [2.75, 3.05) is 25.1 Å². The van der Waals surface area contributed by atoms with Gasteiger partial charge in [-0.2, -0.15) is 0 Å². The molecule has 0 radical (unpaired) electrons. The fourth-order valence-corrected chi connectivity index (χ4v) is 2.35. The van der Waals surface area contributed by atoms with E-state index in [1.807, 2.05) is 0 Å². The number of aromatic nitrogens is 1. The Balaban J connectivity index is 1.81. The van der Waals surface area contributed by atoms with Crippen LogP contribution in [-0.2, 0) is 4.74 Å². The molecule has 5 nitrogen and oxygen atoms in total. The van der Waals surface area contributed by atoms with Crippen molar-refractivity contribution >= 4 is 22.4 Å². The molecule has 88 valence electrons. The van der Waals surface area contributed by atoms with Gasteiger partial charge >= 0.3 is 5.97 Å². The number of hydrogen-bond acceptors (Lipinski definition) is 5. The monoisotopic (exact) mass is 242 g/mol. The number of carboxylic acid groups (broad SMARTS) is 1. The SMILES string of the molecule is O=C(O)c1csc(NCC2CCCOC2)n1. The zero-order chi connectivity index (χ0) is 11.4.